The molecule has 0 atom stereocenters. The topological polar surface area (TPSA) is 64.0 Å². The molecule has 1 heterocycles. The number of nitrogens with one attached hydrogen (secondary N) is 1. The van der Waals surface area contributed by atoms with Crippen LogP contribution in [0.3, 0.4) is 0 Å². The minimum absolute atomic E-state index is 0.0242. The van der Waals surface area contributed by atoms with Crippen LogP contribution in [0.4, 0.5) is 0 Å². The Kier molecular flexibility index (Phi) is 5.09. The van der Waals surface area contributed by atoms with Gasteiger partial charge in [0.2, 0.25) is 10.0 Å². The maximum Gasteiger partial charge on any atom is 0.244 e. The summed E-state index contributed by atoms with van der Waals surface area (Å²) in [6, 6.07) is 19.4. The van der Waals surface area contributed by atoms with Crippen LogP contribution in [-0.4, -0.2) is 24.2 Å². The highest BCUT2D eigenvalue weighted by Crippen LogP contribution is 2.28. The first kappa shape index (κ1) is 17.9. The van der Waals surface area contributed by atoms with Crippen molar-refractivity contribution in [3.05, 3.63) is 72.4 Å². The molecule has 1 aliphatic rings. The van der Waals surface area contributed by atoms with Crippen molar-refractivity contribution in [1.29, 1.82) is 0 Å². The van der Waals surface area contributed by atoms with Gasteiger partial charge in [-0.15, -0.1) is 0 Å². The van der Waals surface area contributed by atoms with Crippen LogP contribution in [0, 0.1) is 0 Å². The SMILES string of the molecule is O=S(=O)(NC1CCCC1)c1cn(Cc2ccccc2)nc1-c1ccccc1. The van der Waals surface area contributed by atoms with E-state index < -0.39 is 10.0 Å². The summed E-state index contributed by atoms with van der Waals surface area (Å²) >= 11 is 0. The third-order valence-electron chi connectivity index (χ3n) is 4.93. The molecule has 3 aromatic rings. The Morgan fingerprint density at radius 1 is 0.963 bits per heavy atom. The molecule has 2 aromatic carbocycles. The standard InChI is InChI=1S/C21H23N3O2S/c25-27(26,23-19-13-7-8-14-19)20-16-24(15-17-9-3-1-4-10-17)22-21(20)18-11-5-2-6-12-18/h1-6,9-12,16,19,23H,7-8,13-15H2. The van der Waals surface area contributed by atoms with Crippen molar-refractivity contribution in [1.82, 2.24) is 14.5 Å². The Morgan fingerprint density at radius 2 is 1.59 bits per heavy atom. The smallest absolute Gasteiger partial charge is 0.244 e. The van der Waals surface area contributed by atoms with E-state index in [-0.39, 0.29) is 10.9 Å². The largest absolute Gasteiger partial charge is 0.266 e. The first-order valence-corrected chi connectivity index (χ1v) is 10.8. The molecule has 1 aliphatic carbocycles. The van der Waals surface area contributed by atoms with Crippen LogP contribution in [0.25, 0.3) is 11.3 Å². The van der Waals surface area contributed by atoms with Gasteiger partial charge >= 0.3 is 0 Å². The minimum atomic E-state index is -3.63. The summed E-state index contributed by atoms with van der Waals surface area (Å²) in [5.74, 6) is 0. The molecular formula is C21H23N3O2S. The van der Waals surface area contributed by atoms with Crippen LogP contribution in [0.15, 0.2) is 71.8 Å². The van der Waals surface area contributed by atoms with E-state index in [4.69, 9.17) is 0 Å². The van der Waals surface area contributed by atoms with Gasteiger partial charge in [-0.3, -0.25) is 4.68 Å². The van der Waals surface area contributed by atoms with Gasteiger partial charge in [0.05, 0.1) is 6.54 Å². The van der Waals surface area contributed by atoms with Gasteiger partial charge < -0.3 is 0 Å². The number of rotatable bonds is 6. The van der Waals surface area contributed by atoms with E-state index in [1.54, 1.807) is 10.9 Å². The van der Waals surface area contributed by atoms with Crippen molar-refractivity contribution in [2.45, 2.75) is 43.2 Å². The average molecular weight is 382 g/mol. The zero-order valence-electron chi connectivity index (χ0n) is 15.1. The highest BCUT2D eigenvalue weighted by atomic mass is 32.2. The van der Waals surface area contributed by atoms with Crippen LogP contribution < -0.4 is 4.72 Å². The summed E-state index contributed by atoms with van der Waals surface area (Å²) in [5, 5.41) is 4.61. The van der Waals surface area contributed by atoms with Gasteiger partial charge in [-0.05, 0) is 18.4 Å². The molecule has 1 aromatic heterocycles. The first-order chi connectivity index (χ1) is 13.1. The maximum absolute atomic E-state index is 13.1. The molecule has 1 N–H and O–H groups in total. The number of hydrogen-bond acceptors (Lipinski definition) is 3. The van der Waals surface area contributed by atoms with Gasteiger partial charge in [-0.2, -0.15) is 5.10 Å². The normalized spacial score (nSPS) is 15.3. The lowest BCUT2D eigenvalue weighted by atomic mass is 10.2. The lowest BCUT2D eigenvalue weighted by molar-refractivity contribution is 0.552. The van der Waals surface area contributed by atoms with E-state index in [9.17, 15) is 8.42 Å². The predicted molar refractivity (Wildman–Crippen MR) is 106 cm³/mol. The molecule has 0 saturated heterocycles. The molecule has 1 fully saturated rings. The van der Waals surface area contributed by atoms with Gasteiger partial charge in [-0.1, -0.05) is 73.5 Å². The maximum atomic E-state index is 13.1. The number of hydrogen-bond donors (Lipinski definition) is 1. The van der Waals surface area contributed by atoms with Crippen molar-refractivity contribution >= 4 is 10.0 Å². The Labute approximate surface area is 160 Å². The molecule has 27 heavy (non-hydrogen) atoms. The quantitative estimate of drug-likeness (QED) is 0.706. The fourth-order valence-corrected chi connectivity index (χ4v) is 5.05. The van der Waals surface area contributed by atoms with Crippen LogP contribution in [-0.2, 0) is 16.6 Å². The molecule has 1 saturated carbocycles. The van der Waals surface area contributed by atoms with Gasteiger partial charge in [0.1, 0.15) is 10.6 Å². The third-order valence-corrected chi connectivity index (χ3v) is 6.45. The second kappa shape index (κ2) is 7.66. The van der Waals surface area contributed by atoms with E-state index in [0.29, 0.717) is 12.2 Å². The Balaban J connectivity index is 1.72. The Morgan fingerprint density at radius 3 is 2.26 bits per heavy atom. The second-order valence-electron chi connectivity index (χ2n) is 6.99. The van der Waals surface area contributed by atoms with Crippen LogP contribution >= 0.6 is 0 Å². The van der Waals surface area contributed by atoms with Gasteiger partial charge in [0.25, 0.3) is 0 Å². The summed E-state index contributed by atoms with van der Waals surface area (Å²) < 4.78 is 30.8. The molecule has 0 spiro atoms. The second-order valence-corrected chi connectivity index (χ2v) is 8.68. The highest BCUT2D eigenvalue weighted by molar-refractivity contribution is 7.89. The minimum Gasteiger partial charge on any atom is -0.266 e. The zero-order valence-corrected chi connectivity index (χ0v) is 15.9. The molecule has 5 nitrogen and oxygen atoms in total. The predicted octanol–water partition coefficient (Wildman–Crippen LogP) is 3.82. The van der Waals surface area contributed by atoms with Crippen LogP contribution in [0.5, 0.6) is 0 Å². The van der Waals surface area contributed by atoms with E-state index in [0.717, 1.165) is 36.8 Å². The third kappa shape index (κ3) is 4.12. The van der Waals surface area contributed by atoms with Gasteiger partial charge in [0.15, 0.2) is 0 Å². The molecule has 140 valence electrons. The number of sulfonamides is 1. The molecule has 4 rings (SSSR count). The highest BCUT2D eigenvalue weighted by Gasteiger charge is 2.27. The molecule has 0 aliphatic heterocycles. The average Bonchev–Trinajstić information content (AvgIpc) is 3.33. The van der Waals surface area contributed by atoms with Gasteiger partial charge in [-0.25, -0.2) is 13.1 Å². The summed E-state index contributed by atoms with van der Waals surface area (Å²) in [6.45, 7) is 0.527. The lowest BCUT2D eigenvalue weighted by Crippen LogP contribution is -2.32. The summed E-state index contributed by atoms with van der Waals surface area (Å²) in [5.41, 5.74) is 2.38. The Hall–Kier alpha value is -2.44. The van der Waals surface area contributed by atoms with Crippen molar-refractivity contribution < 1.29 is 8.42 Å². The monoisotopic (exact) mass is 381 g/mol. The lowest BCUT2D eigenvalue weighted by Gasteiger charge is -2.12. The van der Waals surface area contributed by atoms with Crippen molar-refractivity contribution in [3.8, 4) is 11.3 Å². The molecule has 0 radical (unpaired) electrons. The van der Waals surface area contributed by atoms with E-state index in [1.807, 2.05) is 60.7 Å². The number of nitrogens with zero attached hydrogens (tertiary/aromatic N) is 2. The molecule has 0 amide bonds. The number of aromatic nitrogens is 2. The molecule has 0 unspecified atom stereocenters. The van der Waals surface area contributed by atoms with Crippen LogP contribution in [0.2, 0.25) is 0 Å². The number of benzene rings is 2. The fraction of sp³-hybridized carbons (Fsp3) is 0.286. The molecule has 0 bridgehead atoms. The van der Waals surface area contributed by atoms with Crippen molar-refractivity contribution in [3.63, 3.8) is 0 Å². The van der Waals surface area contributed by atoms with E-state index in [1.165, 1.54) is 0 Å². The molecule has 6 heteroatoms. The van der Waals surface area contributed by atoms with Crippen molar-refractivity contribution in [2.75, 3.05) is 0 Å². The molecular weight excluding hydrogens is 358 g/mol. The van der Waals surface area contributed by atoms with E-state index >= 15 is 0 Å². The van der Waals surface area contributed by atoms with Crippen LogP contribution in [0.1, 0.15) is 31.2 Å². The summed E-state index contributed by atoms with van der Waals surface area (Å²) in [6.07, 6.45) is 5.60. The Bertz CT molecular complexity index is 992. The van der Waals surface area contributed by atoms with E-state index in [2.05, 4.69) is 9.82 Å². The summed E-state index contributed by atoms with van der Waals surface area (Å²) in [7, 11) is -3.63. The zero-order chi connectivity index (χ0) is 18.7. The van der Waals surface area contributed by atoms with Gasteiger partial charge in [0, 0.05) is 17.8 Å². The summed E-state index contributed by atoms with van der Waals surface area (Å²) in [4.78, 5) is 0.247. The fourth-order valence-electron chi connectivity index (χ4n) is 3.57. The van der Waals surface area contributed by atoms with Crippen molar-refractivity contribution in [2.24, 2.45) is 0 Å². The first-order valence-electron chi connectivity index (χ1n) is 9.31.